The van der Waals surface area contributed by atoms with Crippen LogP contribution in [0.15, 0.2) is 18.5 Å². The number of pyridine rings is 1. The Morgan fingerprint density at radius 3 is 2.81 bits per heavy atom. The van der Waals surface area contributed by atoms with Crippen molar-refractivity contribution >= 4 is 15.9 Å². The van der Waals surface area contributed by atoms with Gasteiger partial charge in [0.2, 0.25) is 10.0 Å². The molecule has 4 N–H and O–H groups in total. The number of carbonyl (C=O) groups is 1. The number of hydrogen-bond donors (Lipinski definition) is 3. The van der Waals surface area contributed by atoms with Crippen LogP contribution in [0.1, 0.15) is 22.3 Å². The van der Waals surface area contributed by atoms with E-state index in [-0.39, 0.29) is 19.0 Å². The monoisotopic (exact) mass is 310 g/mol. The first-order chi connectivity index (χ1) is 9.92. The summed E-state index contributed by atoms with van der Waals surface area (Å²) >= 11 is 0. The molecule has 1 aromatic heterocycles. The lowest BCUT2D eigenvalue weighted by molar-refractivity contribution is 0.0953. The Labute approximate surface area is 124 Å². The zero-order valence-electron chi connectivity index (χ0n) is 11.7. The van der Waals surface area contributed by atoms with Gasteiger partial charge in [-0.1, -0.05) is 11.8 Å². The van der Waals surface area contributed by atoms with E-state index in [0.29, 0.717) is 24.1 Å². The summed E-state index contributed by atoms with van der Waals surface area (Å²) in [5, 5.41) is 2.68. The molecular weight excluding hydrogens is 292 g/mol. The van der Waals surface area contributed by atoms with Gasteiger partial charge in [-0.25, -0.2) is 13.1 Å². The molecule has 1 rings (SSSR count). The van der Waals surface area contributed by atoms with Crippen molar-refractivity contribution in [2.75, 3.05) is 25.9 Å². The van der Waals surface area contributed by atoms with Crippen molar-refractivity contribution in [2.45, 2.75) is 6.42 Å². The third-order valence-corrected chi connectivity index (χ3v) is 3.07. The molecule has 0 saturated heterocycles. The number of nitrogens with one attached hydrogen (secondary N) is 2. The van der Waals surface area contributed by atoms with Crippen molar-refractivity contribution in [3.63, 3.8) is 0 Å². The van der Waals surface area contributed by atoms with E-state index in [1.807, 2.05) is 0 Å². The predicted molar refractivity (Wildman–Crippen MR) is 80.0 cm³/mol. The lowest BCUT2D eigenvalue weighted by atomic mass is 10.2. The van der Waals surface area contributed by atoms with Crippen LogP contribution in [0.3, 0.4) is 0 Å². The highest BCUT2D eigenvalue weighted by Crippen LogP contribution is 2.01. The van der Waals surface area contributed by atoms with Gasteiger partial charge in [0.15, 0.2) is 0 Å². The first-order valence-corrected chi connectivity index (χ1v) is 8.18. The molecule has 0 bridgehead atoms. The molecule has 8 heteroatoms. The fourth-order valence-corrected chi connectivity index (χ4v) is 1.95. The first-order valence-electron chi connectivity index (χ1n) is 6.29. The Hall–Kier alpha value is -1.95. The maximum Gasteiger partial charge on any atom is 0.252 e. The number of amides is 1. The van der Waals surface area contributed by atoms with Crippen molar-refractivity contribution in [3.05, 3.63) is 29.6 Å². The Bertz CT molecular complexity index is 647. The van der Waals surface area contributed by atoms with E-state index in [1.165, 1.54) is 6.20 Å². The average molecular weight is 310 g/mol. The van der Waals surface area contributed by atoms with Gasteiger partial charge in [-0.2, -0.15) is 0 Å². The van der Waals surface area contributed by atoms with Crippen LogP contribution in [0.2, 0.25) is 0 Å². The third kappa shape index (κ3) is 7.41. The van der Waals surface area contributed by atoms with E-state index in [1.54, 1.807) is 12.3 Å². The Kier molecular flexibility index (Phi) is 6.81. The van der Waals surface area contributed by atoms with Gasteiger partial charge in [-0.05, 0) is 12.5 Å². The zero-order chi connectivity index (χ0) is 15.7. The highest BCUT2D eigenvalue weighted by atomic mass is 32.2. The maximum absolute atomic E-state index is 11.9. The second-order valence-electron chi connectivity index (χ2n) is 4.24. The van der Waals surface area contributed by atoms with Crippen molar-refractivity contribution in [1.29, 1.82) is 0 Å². The molecule has 0 aromatic carbocycles. The molecule has 0 unspecified atom stereocenters. The summed E-state index contributed by atoms with van der Waals surface area (Å²) in [5.74, 6) is 5.20. The smallest absolute Gasteiger partial charge is 0.252 e. The van der Waals surface area contributed by atoms with Crippen molar-refractivity contribution in [2.24, 2.45) is 5.73 Å². The van der Waals surface area contributed by atoms with Gasteiger partial charge in [0.05, 0.1) is 18.4 Å². The molecule has 1 heterocycles. The van der Waals surface area contributed by atoms with Crippen LogP contribution in [-0.4, -0.2) is 45.2 Å². The highest BCUT2D eigenvalue weighted by molar-refractivity contribution is 7.88. The first kappa shape index (κ1) is 17.1. The van der Waals surface area contributed by atoms with Crippen molar-refractivity contribution in [3.8, 4) is 11.8 Å². The van der Waals surface area contributed by atoms with Crippen LogP contribution in [0.4, 0.5) is 0 Å². The molecule has 0 spiro atoms. The molecule has 0 saturated carbocycles. The van der Waals surface area contributed by atoms with E-state index in [0.717, 1.165) is 6.26 Å². The molecule has 114 valence electrons. The number of carbonyl (C=O) groups excluding carboxylic acids is 1. The lowest BCUT2D eigenvalue weighted by Gasteiger charge is -2.05. The molecule has 0 aliphatic carbocycles. The molecule has 0 atom stereocenters. The molecule has 1 amide bonds. The lowest BCUT2D eigenvalue weighted by Crippen LogP contribution is -2.29. The average Bonchev–Trinajstić information content (AvgIpc) is 2.43. The van der Waals surface area contributed by atoms with Crippen molar-refractivity contribution < 1.29 is 13.2 Å². The quantitative estimate of drug-likeness (QED) is 0.463. The largest absolute Gasteiger partial charge is 0.352 e. The van der Waals surface area contributed by atoms with Crippen LogP contribution in [0, 0.1) is 11.8 Å². The van der Waals surface area contributed by atoms with Gasteiger partial charge >= 0.3 is 0 Å². The number of hydrogen-bond acceptors (Lipinski definition) is 5. The van der Waals surface area contributed by atoms with Crippen LogP contribution < -0.4 is 15.8 Å². The summed E-state index contributed by atoms with van der Waals surface area (Å²) in [6, 6.07) is 1.62. The number of rotatable bonds is 6. The molecular formula is C13H18N4O3S. The molecule has 21 heavy (non-hydrogen) atoms. The maximum atomic E-state index is 11.9. The topological polar surface area (TPSA) is 114 Å². The van der Waals surface area contributed by atoms with Gasteiger partial charge in [-0.3, -0.25) is 9.78 Å². The van der Waals surface area contributed by atoms with Gasteiger partial charge in [0.1, 0.15) is 0 Å². The molecule has 0 aliphatic rings. The summed E-state index contributed by atoms with van der Waals surface area (Å²) in [6.45, 7) is 0.878. The number of nitrogens with zero attached hydrogens (tertiary/aromatic N) is 1. The second-order valence-corrected chi connectivity index (χ2v) is 6.08. The van der Waals surface area contributed by atoms with Gasteiger partial charge in [-0.15, -0.1) is 0 Å². The van der Waals surface area contributed by atoms with Gasteiger partial charge < -0.3 is 11.1 Å². The summed E-state index contributed by atoms with van der Waals surface area (Å²) < 4.78 is 24.0. The molecule has 0 fully saturated rings. The van der Waals surface area contributed by atoms with E-state index in [9.17, 15) is 13.2 Å². The zero-order valence-corrected chi connectivity index (χ0v) is 12.5. The Morgan fingerprint density at radius 1 is 1.38 bits per heavy atom. The fourth-order valence-electron chi connectivity index (χ4n) is 1.44. The number of nitrogens with two attached hydrogens (primary N) is 1. The van der Waals surface area contributed by atoms with Crippen LogP contribution in [0.5, 0.6) is 0 Å². The molecule has 0 radical (unpaired) electrons. The number of aromatic nitrogens is 1. The SMILES string of the molecule is CS(=O)(=O)NCCCNC(=O)c1cncc(C#CCN)c1. The van der Waals surface area contributed by atoms with Crippen LogP contribution in [0.25, 0.3) is 0 Å². The summed E-state index contributed by atoms with van der Waals surface area (Å²) in [4.78, 5) is 15.8. The second kappa shape index (κ2) is 8.36. The minimum absolute atomic E-state index is 0.240. The summed E-state index contributed by atoms with van der Waals surface area (Å²) in [5.41, 5.74) is 6.29. The van der Waals surface area contributed by atoms with Gasteiger partial charge in [0.25, 0.3) is 5.91 Å². The van der Waals surface area contributed by atoms with Crippen LogP contribution in [-0.2, 0) is 10.0 Å². The highest BCUT2D eigenvalue weighted by Gasteiger charge is 2.06. The van der Waals surface area contributed by atoms with Crippen molar-refractivity contribution in [1.82, 2.24) is 15.0 Å². The van der Waals surface area contributed by atoms with E-state index >= 15 is 0 Å². The van der Waals surface area contributed by atoms with E-state index < -0.39 is 10.0 Å². The minimum Gasteiger partial charge on any atom is -0.352 e. The van der Waals surface area contributed by atoms with E-state index in [2.05, 4.69) is 26.9 Å². The summed E-state index contributed by atoms with van der Waals surface area (Å²) in [6.07, 6.45) is 4.58. The predicted octanol–water partition coefficient (Wildman–Crippen LogP) is -0.939. The standard InChI is InChI=1S/C13H18N4O3S/c1-21(19,20)17-7-3-6-16-13(18)12-8-11(4-2-5-14)9-15-10-12/h8-10,17H,3,5-7,14H2,1H3,(H,16,18). The fraction of sp³-hybridized carbons (Fsp3) is 0.385. The summed E-state index contributed by atoms with van der Waals surface area (Å²) in [7, 11) is -3.19. The molecule has 1 aromatic rings. The third-order valence-electron chi connectivity index (χ3n) is 2.34. The number of sulfonamides is 1. The minimum atomic E-state index is -3.19. The Balaban J connectivity index is 2.45. The normalized spacial score (nSPS) is 10.6. The van der Waals surface area contributed by atoms with E-state index in [4.69, 9.17) is 5.73 Å². The Morgan fingerprint density at radius 2 is 2.14 bits per heavy atom. The van der Waals surface area contributed by atoms with Gasteiger partial charge in [0, 0.05) is 31.0 Å². The molecule has 0 aliphatic heterocycles. The molecule has 7 nitrogen and oxygen atoms in total. The van der Waals surface area contributed by atoms with Crippen LogP contribution >= 0.6 is 0 Å².